The van der Waals surface area contributed by atoms with E-state index in [1.807, 2.05) is 0 Å². The van der Waals surface area contributed by atoms with Crippen LogP contribution >= 0.6 is 11.6 Å². The van der Waals surface area contributed by atoms with Gasteiger partial charge in [-0.05, 0) is 54.4 Å². The first-order valence-electron chi connectivity index (χ1n) is 13.0. The van der Waals surface area contributed by atoms with Crippen molar-refractivity contribution in [2.75, 3.05) is 25.1 Å². The fraction of sp³-hybridized carbons (Fsp3) is 0.464. The van der Waals surface area contributed by atoms with Crippen molar-refractivity contribution in [3.63, 3.8) is 0 Å². The van der Waals surface area contributed by atoms with Crippen molar-refractivity contribution < 1.29 is 17.9 Å². The molecule has 39 heavy (non-hydrogen) atoms. The normalized spacial score (nSPS) is 19.1. The maximum atomic E-state index is 14.4. The second kappa shape index (κ2) is 11.8. The van der Waals surface area contributed by atoms with E-state index in [1.54, 1.807) is 30.6 Å². The third kappa shape index (κ3) is 6.92. The van der Waals surface area contributed by atoms with Crippen LogP contribution in [0.25, 0.3) is 11.3 Å². The van der Waals surface area contributed by atoms with E-state index < -0.39 is 32.4 Å². The Morgan fingerprint density at radius 3 is 2.69 bits per heavy atom. The van der Waals surface area contributed by atoms with Gasteiger partial charge in [0.15, 0.2) is 8.32 Å². The molecule has 210 valence electrons. The lowest BCUT2D eigenvalue weighted by Crippen LogP contribution is -2.43. The second-order valence-electron chi connectivity index (χ2n) is 11.3. The number of alkyl halides is 1. The predicted molar refractivity (Wildman–Crippen MR) is 152 cm³/mol. The molecule has 0 amide bonds. The lowest BCUT2D eigenvalue weighted by atomic mass is 10.1. The number of nitrogens with zero attached hydrogens (tertiary/aromatic N) is 3. The molecule has 1 aliphatic heterocycles. The average molecular weight is 577 g/mol. The summed E-state index contributed by atoms with van der Waals surface area (Å²) < 4.78 is 41.8. The number of halogens is 3. The molecule has 3 atom stereocenters. The van der Waals surface area contributed by atoms with Gasteiger partial charge in [-0.25, -0.2) is 18.7 Å². The maximum absolute atomic E-state index is 14.4. The predicted octanol–water partition coefficient (Wildman–Crippen LogP) is 6.25. The number of anilines is 1. The minimum Gasteiger partial charge on any atom is -0.414 e. The first-order chi connectivity index (χ1) is 18.4. The van der Waals surface area contributed by atoms with Crippen molar-refractivity contribution >= 4 is 25.9 Å². The number of ether oxygens (including phenoxy) is 1. The van der Waals surface area contributed by atoms with E-state index in [0.717, 1.165) is 0 Å². The largest absolute Gasteiger partial charge is 0.414 e. The van der Waals surface area contributed by atoms with Gasteiger partial charge in [-0.15, -0.1) is 0 Å². The van der Waals surface area contributed by atoms with E-state index in [1.165, 1.54) is 22.8 Å². The van der Waals surface area contributed by atoms with E-state index in [4.69, 9.17) is 20.8 Å². The molecule has 1 saturated heterocycles. The van der Waals surface area contributed by atoms with Crippen LogP contribution in [0.1, 0.15) is 38.8 Å². The molecule has 4 rings (SSSR count). The summed E-state index contributed by atoms with van der Waals surface area (Å²) in [5.74, 6) is -0.277. The lowest BCUT2D eigenvalue weighted by Gasteiger charge is -2.37. The lowest BCUT2D eigenvalue weighted by molar-refractivity contribution is 0.0284. The van der Waals surface area contributed by atoms with Gasteiger partial charge < -0.3 is 19.0 Å². The van der Waals surface area contributed by atoms with Gasteiger partial charge in [0.2, 0.25) is 5.95 Å². The number of rotatable bonds is 8. The number of pyridine rings is 1. The topological polar surface area (TPSA) is 78.3 Å². The number of hydrogen-bond donors (Lipinski definition) is 1. The molecule has 11 heteroatoms. The van der Waals surface area contributed by atoms with E-state index in [-0.39, 0.29) is 34.8 Å². The summed E-state index contributed by atoms with van der Waals surface area (Å²) in [7, 11) is -2.16. The van der Waals surface area contributed by atoms with Crippen molar-refractivity contribution in [2.24, 2.45) is 0 Å². The molecule has 3 heterocycles. The summed E-state index contributed by atoms with van der Waals surface area (Å²) in [5, 5.41) is 3.01. The molecular weight excluding hydrogens is 542 g/mol. The quantitative estimate of drug-likeness (QED) is 0.319. The van der Waals surface area contributed by atoms with E-state index in [2.05, 4.69) is 49.1 Å². The number of hydrogen-bond acceptors (Lipinski definition) is 6. The molecule has 0 radical (unpaired) electrons. The van der Waals surface area contributed by atoms with Gasteiger partial charge >= 0.3 is 0 Å². The molecule has 0 unspecified atom stereocenters. The van der Waals surface area contributed by atoms with Crippen LogP contribution in [0.2, 0.25) is 23.2 Å². The van der Waals surface area contributed by atoms with Crippen LogP contribution in [0, 0.1) is 5.82 Å². The minimum absolute atomic E-state index is 0.0125. The monoisotopic (exact) mass is 576 g/mol. The second-order valence-corrected chi connectivity index (χ2v) is 16.5. The Kier molecular flexibility index (Phi) is 8.90. The maximum Gasteiger partial charge on any atom is 0.251 e. The van der Waals surface area contributed by atoms with Crippen molar-refractivity contribution in [3.05, 3.63) is 75.5 Å². The van der Waals surface area contributed by atoms with Gasteiger partial charge in [0.25, 0.3) is 5.56 Å². The van der Waals surface area contributed by atoms with Gasteiger partial charge in [0.1, 0.15) is 12.0 Å². The Balaban J connectivity index is 1.63. The van der Waals surface area contributed by atoms with E-state index in [0.29, 0.717) is 29.8 Å². The number of benzene rings is 1. The Labute approximate surface area is 233 Å². The van der Waals surface area contributed by atoms with Crippen LogP contribution in [0.4, 0.5) is 14.7 Å². The highest BCUT2D eigenvalue weighted by molar-refractivity contribution is 6.74. The SMILES string of the molecule is CC(C)(C)[Si](C)(C)OC[C@H](c1ccc(Cl)c(F)c1)n1ccc(-c2ccnc(N[C@H]3CCOC[C@H]3F)n2)cc1=O. The highest BCUT2D eigenvalue weighted by atomic mass is 35.5. The summed E-state index contributed by atoms with van der Waals surface area (Å²) >= 11 is 5.93. The van der Waals surface area contributed by atoms with E-state index >= 15 is 0 Å². The molecule has 3 aromatic rings. The zero-order valence-corrected chi connectivity index (χ0v) is 24.6. The van der Waals surface area contributed by atoms with Crippen LogP contribution in [-0.4, -0.2) is 54.9 Å². The Bertz CT molecular complexity index is 1370. The first-order valence-corrected chi connectivity index (χ1v) is 16.3. The molecule has 0 bridgehead atoms. The molecule has 1 aliphatic rings. The molecule has 7 nitrogen and oxygen atoms in total. The third-order valence-corrected chi connectivity index (χ3v) is 12.4. The minimum atomic E-state index is -2.16. The molecule has 1 aromatic carbocycles. The summed E-state index contributed by atoms with van der Waals surface area (Å²) in [4.78, 5) is 22.1. The van der Waals surface area contributed by atoms with Crippen molar-refractivity contribution in [1.82, 2.24) is 14.5 Å². The van der Waals surface area contributed by atoms with Crippen LogP contribution in [-0.2, 0) is 9.16 Å². The Hall–Kier alpha value is -2.66. The molecule has 2 aromatic heterocycles. The Morgan fingerprint density at radius 1 is 1.26 bits per heavy atom. The smallest absolute Gasteiger partial charge is 0.251 e. The molecule has 1 fully saturated rings. The number of nitrogens with one attached hydrogen (secondary N) is 1. The van der Waals surface area contributed by atoms with E-state index in [9.17, 15) is 13.6 Å². The summed E-state index contributed by atoms with van der Waals surface area (Å²) in [6.07, 6.45) is 2.58. The highest BCUT2D eigenvalue weighted by Gasteiger charge is 2.38. The summed E-state index contributed by atoms with van der Waals surface area (Å²) in [6.45, 7) is 11.4. The van der Waals surface area contributed by atoms with Gasteiger partial charge in [0.05, 0.1) is 36.0 Å². The zero-order chi connectivity index (χ0) is 28.4. The molecule has 0 aliphatic carbocycles. The highest BCUT2D eigenvalue weighted by Crippen LogP contribution is 2.37. The number of aromatic nitrogens is 3. The standard InChI is InChI=1S/C28H35ClF2N4O3Si/c1-28(2,3)39(4,5)38-17-25(19-6-7-20(29)21(30)14-19)35-12-9-18(15-26(35)36)23-8-11-32-27(33-23)34-24-10-13-37-16-22(24)31/h6-9,11-12,14-15,22,24-25H,10,13,16-17H2,1-5H3,(H,32,33,34)/t22-,24+,25-/m1/s1. The molecule has 0 saturated carbocycles. The van der Waals surface area contributed by atoms with Crippen molar-refractivity contribution in [1.29, 1.82) is 0 Å². The first kappa shape index (κ1) is 29.3. The fourth-order valence-corrected chi connectivity index (χ4v) is 5.21. The molecular formula is C28H35ClF2N4O3Si. The van der Waals surface area contributed by atoms with Crippen LogP contribution in [0.3, 0.4) is 0 Å². The van der Waals surface area contributed by atoms with Gasteiger partial charge in [-0.3, -0.25) is 4.79 Å². The van der Waals surface area contributed by atoms with Crippen LogP contribution < -0.4 is 10.9 Å². The van der Waals surface area contributed by atoms with Crippen LogP contribution in [0.15, 0.2) is 53.6 Å². The van der Waals surface area contributed by atoms with Crippen LogP contribution in [0.5, 0.6) is 0 Å². The summed E-state index contributed by atoms with van der Waals surface area (Å²) in [6, 6.07) is 8.47. The molecule has 1 N–H and O–H groups in total. The summed E-state index contributed by atoms with van der Waals surface area (Å²) in [5.41, 5.74) is 1.38. The third-order valence-electron chi connectivity index (χ3n) is 7.57. The molecule has 0 spiro atoms. The van der Waals surface area contributed by atoms with Crippen molar-refractivity contribution in [2.45, 2.75) is 63.6 Å². The fourth-order valence-electron chi connectivity index (χ4n) is 4.09. The average Bonchev–Trinajstić information content (AvgIpc) is 2.88. The van der Waals surface area contributed by atoms with Gasteiger partial charge in [0, 0.05) is 30.6 Å². The Morgan fingerprint density at radius 2 is 2.03 bits per heavy atom. The van der Waals surface area contributed by atoms with Gasteiger partial charge in [-0.2, -0.15) is 0 Å². The van der Waals surface area contributed by atoms with Crippen molar-refractivity contribution in [3.8, 4) is 11.3 Å². The zero-order valence-electron chi connectivity index (χ0n) is 22.9. The van der Waals surface area contributed by atoms with Gasteiger partial charge in [-0.1, -0.05) is 38.4 Å².